The van der Waals surface area contributed by atoms with Gasteiger partial charge in [-0.05, 0) is 40.0 Å². The minimum atomic E-state index is -0.474. The SMILES string of the molecule is CCCC[C@H](O)[C@@H]1CCCN1C(=O)OC(C)(C)C. The van der Waals surface area contributed by atoms with E-state index in [9.17, 15) is 9.90 Å². The summed E-state index contributed by atoms with van der Waals surface area (Å²) in [6.07, 6.45) is 3.95. The molecule has 0 aromatic carbocycles. The average Bonchev–Trinajstić information content (AvgIpc) is 2.72. The Bertz CT molecular complexity index is 273. The maximum absolute atomic E-state index is 12.0. The third kappa shape index (κ3) is 4.48. The lowest BCUT2D eigenvalue weighted by atomic mass is 10.0. The molecular weight excluding hydrogens is 230 g/mol. The third-order valence-electron chi connectivity index (χ3n) is 3.22. The molecule has 0 bridgehead atoms. The van der Waals surface area contributed by atoms with Crippen molar-refractivity contribution in [1.82, 2.24) is 4.90 Å². The normalized spacial score (nSPS) is 22.1. The highest BCUT2D eigenvalue weighted by molar-refractivity contribution is 5.69. The van der Waals surface area contributed by atoms with Gasteiger partial charge in [-0.2, -0.15) is 0 Å². The number of amides is 1. The minimum Gasteiger partial charge on any atom is -0.444 e. The second-order valence-electron chi connectivity index (χ2n) is 6.09. The van der Waals surface area contributed by atoms with E-state index in [0.29, 0.717) is 6.54 Å². The van der Waals surface area contributed by atoms with Crippen LogP contribution in [-0.2, 0) is 4.74 Å². The topological polar surface area (TPSA) is 49.8 Å². The van der Waals surface area contributed by atoms with E-state index in [-0.39, 0.29) is 12.1 Å². The lowest BCUT2D eigenvalue weighted by Gasteiger charge is -2.31. The summed E-state index contributed by atoms with van der Waals surface area (Å²) in [5.74, 6) is 0. The lowest BCUT2D eigenvalue weighted by Crippen LogP contribution is -2.45. The summed E-state index contributed by atoms with van der Waals surface area (Å²) in [5.41, 5.74) is -0.474. The van der Waals surface area contributed by atoms with Crippen LogP contribution in [0, 0.1) is 0 Å². The number of ether oxygens (including phenoxy) is 1. The second-order valence-corrected chi connectivity index (χ2v) is 6.09. The average molecular weight is 257 g/mol. The predicted molar refractivity (Wildman–Crippen MR) is 71.5 cm³/mol. The molecule has 106 valence electrons. The fourth-order valence-corrected chi connectivity index (χ4v) is 2.35. The fourth-order valence-electron chi connectivity index (χ4n) is 2.35. The predicted octanol–water partition coefficient (Wildman–Crippen LogP) is 2.94. The lowest BCUT2D eigenvalue weighted by molar-refractivity contribution is 0.00362. The highest BCUT2D eigenvalue weighted by Crippen LogP contribution is 2.25. The highest BCUT2D eigenvalue weighted by atomic mass is 16.6. The van der Waals surface area contributed by atoms with Crippen LogP contribution in [0.2, 0.25) is 0 Å². The zero-order valence-electron chi connectivity index (χ0n) is 12.1. The van der Waals surface area contributed by atoms with Gasteiger partial charge in [0.1, 0.15) is 5.60 Å². The van der Waals surface area contributed by atoms with E-state index in [2.05, 4.69) is 6.92 Å². The molecule has 4 nitrogen and oxygen atoms in total. The maximum Gasteiger partial charge on any atom is 0.410 e. The van der Waals surface area contributed by atoms with Crippen molar-refractivity contribution in [3.63, 3.8) is 0 Å². The van der Waals surface area contributed by atoms with Gasteiger partial charge in [0.05, 0.1) is 12.1 Å². The van der Waals surface area contributed by atoms with Crippen LogP contribution in [0.4, 0.5) is 4.79 Å². The van der Waals surface area contributed by atoms with Gasteiger partial charge in [-0.25, -0.2) is 4.79 Å². The van der Waals surface area contributed by atoms with E-state index in [1.54, 1.807) is 4.90 Å². The summed E-state index contributed by atoms with van der Waals surface area (Å²) in [7, 11) is 0. The fraction of sp³-hybridized carbons (Fsp3) is 0.929. The van der Waals surface area contributed by atoms with Crippen LogP contribution in [0.25, 0.3) is 0 Å². The van der Waals surface area contributed by atoms with Gasteiger partial charge in [0.2, 0.25) is 0 Å². The van der Waals surface area contributed by atoms with Crippen molar-refractivity contribution in [3.05, 3.63) is 0 Å². The van der Waals surface area contributed by atoms with Crippen LogP contribution in [0.3, 0.4) is 0 Å². The number of nitrogens with zero attached hydrogens (tertiary/aromatic N) is 1. The van der Waals surface area contributed by atoms with Gasteiger partial charge in [-0.15, -0.1) is 0 Å². The van der Waals surface area contributed by atoms with E-state index in [4.69, 9.17) is 4.74 Å². The largest absolute Gasteiger partial charge is 0.444 e. The van der Waals surface area contributed by atoms with Gasteiger partial charge in [-0.3, -0.25) is 0 Å². The molecule has 1 aliphatic heterocycles. The summed E-state index contributed by atoms with van der Waals surface area (Å²) in [5, 5.41) is 10.1. The molecule has 1 fully saturated rings. The first kappa shape index (κ1) is 15.3. The number of carbonyl (C=O) groups is 1. The van der Waals surface area contributed by atoms with Crippen LogP contribution in [0.1, 0.15) is 59.8 Å². The zero-order chi connectivity index (χ0) is 13.8. The number of hydrogen-bond acceptors (Lipinski definition) is 3. The molecule has 0 spiro atoms. The number of hydrogen-bond donors (Lipinski definition) is 1. The first-order valence-corrected chi connectivity index (χ1v) is 7.03. The summed E-state index contributed by atoms with van der Waals surface area (Å²) in [4.78, 5) is 13.7. The zero-order valence-corrected chi connectivity index (χ0v) is 12.1. The standard InChI is InChI=1S/C14H27NO3/c1-5-6-9-12(16)11-8-7-10-15(11)13(17)18-14(2,3)4/h11-12,16H,5-10H2,1-4H3/t11-,12-/m0/s1. The Hall–Kier alpha value is -0.770. The van der Waals surface area contributed by atoms with Crippen molar-refractivity contribution in [2.45, 2.75) is 77.5 Å². The van der Waals surface area contributed by atoms with E-state index >= 15 is 0 Å². The molecule has 1 heterocycles. The van der Waals surface area contributed by atoms with E-state index in [1.165, 1.54) is 0 Å². The highest BCUT2D eigenvalue weighted by Gasteiger charge is 2.35. The van der Waals surface area contributed by atoms with E-state index in [1.807, 2.05) is 20.8 Å². The van der Waals surface area contributed by atoms with E-state index < -0.39 is 11.7 Å². The van der Waals surface area contributed by atoms with Gasteiger partial charge in [0.15, 0.2) is 0 Å². The molecule has 0 aromatic rings. The molecule has 4 heteroatoms. The molecule has 0 aliphatic carbocycles. The molecule has 1 rings (SSSR count). The molecule has 2 atom stereocenters. The molecule has 18 heavy (non-hydrogen) atoms. The van der Waals surface area contributed by atoms with Crippen LogP contribution in [-0.4, -0.2) is 40.4 Å². The van der Waals surface area contributed by atoms with Crippen molar-refractivity contribution in [2.24, 2.45) is 0 Å². The Morgan fingerprint density at radius 2 is 2.17 bits per heavy atom. The first-order chi connectivity index (χ1) is 8.35. The molecule has 0 unspecified atom stereocenters. The van der Waals surface area contributed by atoms with Crippen LogP contribution < -0.4 is 0 Å². The molecule has 1 saturated heterocycles. The number of aliphatic hydroxyl groups is 1. The maximum atomic E-state index is 12.0. The molecule has 1 amide bonds. The number of unbranched alkanes of at least 4 members (excludes halogenated alkanes) is 1. The molecule has 0 aromatic heterocycles. The summed E-state index contributed by atoms with van der Waals surface area (Å²) >= 11 is 0. The smallest absolute Gasteiger partial charge is 0.410 e. The van der Waals surface area contributed by atoms with E-state index in [0.717, 1.165) is 32.1 Å². The van der Waals surface area contributed by atoms with Gasteiger partial charge in [0, 0.05) is 6.54 Å². The Balaban J connectivity index is 2.56. The summed E-state index contributed by atoms with van der Waals surface area (Å²) in [6, 6.07) is -0.0635. The molecular formula is C14H27NO3. The number of aliphatic hydroxyl groups excluding tert-OH is 1. The van der Waals surface area contributed by atoms with Gasteiger partial charge in [0.25, 0.3) is 0 Å². The Kier molecular flexibility index (Phi) is 5.45. The number of carbonyl (C=O) groups excluding carboxylic acids is 1. The number of likely N-dealkylation sites (tertiary alicyclic amines) is 1. The number of rotatable bonds is 4. The Labute approximate surface area is 110 Å². The molecule has 0 radical (unpaired) electrons. The Morgan fingerprint density at radius 1 is 1.50 bits per heavy atom. The third-order valence-corrected chi connectivity index (χ3v) is 3.22. The van der Waals surface area contributed by atoms with Crippen molar-refractivity contribution >= 4 is 6.09 Å². The van der Waals surface area contributed by atoms with Crippen molar-refractivity contribution in [3.8, 4) is 0 Å². The van der Waals surface area contributed by atoms with Crippen molar-refractivity contribution in [1.29, 1.82) is 0 Å². The monoisotopic (exact) mass is 257 g/mol. The molecule has 1 aliphatic rings. The van der Waals surface area contributed by atoms with Crippen molar-refractivity contribution in [2.75, 3.05) is 6.54 Å². The summed E-state index contributed by atoms with van der Waals surface area (Å²) in [6.45, 7) is 8.40. The summed E-state index contributed by atoms with van der Waals surface area (Å²) < 4.78 is 5.38. The minimum absolute atomic E-state index is 0.0635. The van der Waals surface area contributed by atoms with Gasteiger partial charge >= 0.3 is 6.09 Å². The van der Waals surface area contributed by atoms with Gasteiger partial charge in [-0.1, -0.05) is 19.8 Å². The van der Waals surface area contributed by atoms with Gasteiger partial charge < -0.3 is 14.7 Å². The van der Waals surface area contributed by atoms with Crippen LogP contribution in [0.5, 0.6) is 0 Å². The second kappa shape index (κ2) is 6.41. The molecule has 1 N–H and O–H groups in total. The first-order valence-electron chi connectivity index (χ1n) is 7.03. The van der Waals surface area contributed by atoms with Crippen molar-refractivity contribution < 1.29 is 14.6 Å². The molecule has 0 saturated carbocycles. The van der Waals surface area contributed by atoms with Crippen LogP contribution >= 0.6 is 0 Å². The quantitative estimate of drug-likeness (QED) is 0.842. The Morgan fingerprint density at radius 3 is 2.72 bits per heavy atom. The van der Waals surface area contributed by atoms with Crippen LogP contribution in [0.15, 0.2) is 0 Å².